The van der Waals surface area contributed by atoms with Gasteiger partial charge in [-0.3, -0.25) is 0 Å². The summed E-state index contributed by atoms with van der Waals surface area (Å²) in [5.74, 6) is 0.979. The second-order valence-corrected chi connectivity index (χ2v) is 6.08. The Kier molecular flexibility index (Phi) is 3.29. The number of hydrogen-bond acceptors (Lipinski definition) is 4. The second-order valence-electron chi connectivity index (χ2n) is 5.14. The van der Waals surface area contributed by atoms with Gasteiger partial charge in [0.2, 0.25) is 0 Å². The normalized spacial score (nSPS) is 21.8. The van der Waals surface area contributed by atoms with Crippen LogP contribution in [0.5, 0.6) is 5.75 Å². The summed E-state index contributed by atoms with van der Waals surface area (Å²) in [6, 6.07) is 8.25. The maximum Gasteiger partial charge on any atom is 0.123 e. The quantitative estimate of drug-likeness (QED) is 0.936. The number of rotatable bonds is 3. The lowest BCUT2D eigenvalue weighted by Crippen LogP contribution is -2.41. The third-order valence-electron chi connectivity index (χ3n) is 3.84. The van der Waals surface area contributed by atoms with E-state index in [0.29, 0.717) is 6.54 Å². The van der Waals surface area contributed by atoms with E-state index in [0.717, 1.165) is 30.9 Å². The summed E-state index contributed by atoms with van der Waals surface area (Å²) in [4.78, 5) is 4.59. The van der Waals surface area contributed by atoms with Gasteiger partial charge in [-0.2, -0.15) is 0 Å². The van der Waals surface area contributed by atoms with Gasteiger partial charge < -0.3 is 10.5 Å². The first-order valence-corrected chi connectivity index (χ1v) is 7.45. The molecule has 1 atom stereocenters. The highest BCUT2D eigenvalue weighted by Gasteiger charge is 2.37. The smallest absolute Gasteiger partial charge is 0.123 e. The van der Waals surface area contributed by atoms with E-state index < -0.39 is 0 Å². The van der Waals surface area contributed by atoms with Crippen molar-refractivity contribution in [3.8, 4) is 5.75 Å². The molecule has 100 valence electrons. The molecule has 4 heteroatoms. The van der Waals surface area contributed by atoms with Crippen molar-refractivity contribution >= 4 is 11.3 Å². The molecule has 2 N–H and O–H groups in total. The second kappa shape index (κ2) is 4.94. The number of thiazole rings is 1. The van der Waals surface area contributed by atoms with Crippen molar-refractivity contribution in [2.24, 2.45) is 5.73 Å². The molecule has 0 bridgehead atoms. The summed E-state index contributed by atoms with van der Waals surface area (Å²) in [6.45, 7) is 3.40. The fraction of sp³-hybridized carbons (Fsp3) is 0.400. The lowest BCUT2D eigenvalue weighted by Gasteiger charge is -2.37. The van der Waals surface area contributed by atoms with E-state index in [4.69, 9.17) is 10.5 Å². The van der Waals surface area contributed by atoms with Crippen molar-refractivity contribution in [2.45, 2.75) is 25.2 Å². The average molecular weight is 274 g/mol. The molecule has 3 nitrogen and oxygen atoms in total. The number of fused-ring (bicyclic) bond motifs is 1. The topological polar surface area (TPSA) is 48.1 Å². The maximum atomic E-state index is 6.13. The summed E-state index contributed by atoms with van der Waals surface area (Å²) in [5.41, 5.74) is 8.42. The zero-order valence-corrected chi connectivity index (χ0v) is 11.9. The minimum Gasteiger partial charge on any atom is -0.493 e. The summed E-state index contributed by atoms with van der Waals surface area (Å²) in [6.07, 6.45) is 1.86. The molecule has 0 saturated carbocycles. The predicted octanol–water partition coefficient (Wildman–Crippen LogP) is 2.67. The van der Waals surface area contributed by atoms with E-state index in [1.165, 1.54) is 10.6 Å². The number of benzene rings is 1. The number of aryl methyl sites for hydroxylation is 1. The molecule has 2 heterocycles. The first-order chi connectivity index (χ1) is 9.23. The zero-order valence-electron chi connectivity index (χ0n) is 11.1. The van der Waals surface area contributed by atoms with Gasteiger partial charge in [0, 0.05) is 35.0 Å². The Bertz CT molecular complexity index is 581. The molecule has 1 aliphatic heterocycles. The standard InChI is InChI=1S/C15H18N2OS/c1-11-9-19-14(17-11)8-15(10-16)6-7-18-13-5-3-2-4-12(13)15/h2-5,9H,6-8,10,16H2,1H3. The highest BCUT2D eigenvalue weighted by Crippen LogP contribution is 2.40. The van der Waals surface area contributed by atoms with Crippen LogP contribution < -0.4 is 10.5 Å². The van der Waals surface area contributed by atoms with Gasteiger partial charge >= 0.3 is 0 Å². The van der Waals surface area contributed by atoms with Crippen LogP contribution in [0.2, 0.25) is 0 Å². The van der Waals surface area contributed by atoms with Gasteiger partial charge in [-0.25, -0.2) is 4.98 Å². The van der Waals surface area contributed by atoms with E-state index >= 15 is 0 Å². The fourth-order valence-corrected chi connectivity index (χ4v) is 3.68. The zero-order chi connectivity index (χ0) is 13.3. The molecular weight excluding hydrogens is 256 g/mol. The van der Waals surface area contributed by atoms with Gasteiger partial charge in [0.25, 0.3) is 0 Å². The molecule has 1 aromatic carbocycles. The van der Waals surface area contributed by atoms with Gasteiger partial charge in [-0.05, 0) is 19.4 Å². The van der Waals surface area contributed by atoms with Gasteiger partial charge in [0.05, 0.1) is 11.6 Å². The molecule has 0 amide bonds. The maximum absolute atomic E-state index is 6.13. The molecule has 0 radical (unpaired) electrons. The van der Waals surface area contributed by atoms with Gasteiger partial charge in [0.15, 0.2) is 0 Å². The van der Waals surface area contributed by atoms with Gasteiger partial charge in [-0.1, -0.05) is 18.2 Å². The molecule has 0 spiro atoms. The number of ether oxygens (including phenoxy) is 1. The summed E-state index contributed by atoms with van der Waals surface area (Å²) >= 11 is 1.72. The Morgan fingerprint density at radius 1 is 1.42 bits per heavy atom. The van der Waals surface area contributed by atoms with E-state index in [2.05, 4.69) is 22.5 Å². The SMILES string of the molecule is Cc1csc(CC2(CN)CCOc3ccccc32)n1. The molecule has 2 aromatic rings. The molecule has 0 aliphatic carbocycles. The molecule has 1 unspecified atom stereocenters. The molecule has 0 fully saturated rings. The van der Waals surface area contributed by atoms with E-state index in [1.807, 2.05) is 19.1 Å². The average Bonchev–Trinajstić information content (AvgIpc) is 2.84. The van der Waals surface area contributed by atoms with Crippen molar-refractivity contribution < 1.29 is 4.74 Å². The Balaban J connectivity index is 2.00. The lowest BCUT2D eigenvalue weighted by molar-refractivity contribution is 0.215. The summed E-state index contributed by atoms with van der Waals surface area (Å²) in [7, 11) is 0. The third-order valence-corrected chi connectivity index (χ3v) is 4.81. The predicted molar refractivity (Wildman–Crippen MR) is 77.8 cm³/mol. The van der Waals surface area contributed by atoms with Crippen LogP contribution >= 0.6 is 11.3 Å². The van der Waals surface area contributed by atoms with Crippen LogP contribution in [0.4, 0.5) is 0 Å². The van der Waals surface area contributed by atoms with E-state index in [9.17, 15) is 0 Å². The minimum absolute atomic E-state index is 0.0286. The Hall–Kier alpha value is -1.39. The number of hydrogen-bond donors (Lipinski definition) is 1. The molecule has 1 aliphatic rings. The van der Waals surface area contributed by atoms with Crippen LogP contribution in [0.25, 0.3) is 0 Å². The number of para-hydroxylation sites is 1. The lowest BCUT2D eigenvalue weighted by atomic mass is 9.73. The van der Waals surface area contributed by atoms with Crippen molar-refractivity contribution in [3.63, 3.8) is 0 Å². The van der Waals surface area contributed by atoms with Crippen LogP contribution in [0.1, 0.15) is 22.7 Å². The van der Waals surface area contributed by atoms with Crippen molar-refractivity contribution in [1.82, 2.24) is 4.98 Å². The van der Waals surface area contributed by atoms with Gasteiger partial charge in [-0.15, -0.1) is 11.3 Å². The minimum atomic E-state index is -0.0286. The summed E-state index contributed by atoms with van der Waals surface area (Å²) in [5, 5.41) is 3.27. The van der Waals surface area contributed by atoms with Crippen LogP contribution in [0.15, 0.2) is 29.6 Å². The number of aromatic nitrogens is 1. The fourth-order valence-electron chi connectivity index (χ4n) is 2.76. The monoisotopic (exact) mass is 274 g/mol. The molecular formula is C15H18N2OS. The van der Waals surface area contributed by atoms with Crippen LogP contribution in [-0.4, -0.2) is 18.1 Å². The largest absolute Gasteiger partial charge is 0.493 e. The first-order valence-electron chi connectivity index (χ1n) is 6.57. The van der Waals surface area contributed by atoms with Crippen LogP contribution in [0, 0.1) is 6.92 Å². The summed E-state index contributed by atoms with van der Waals surface area (Å²) < 4.78 is 5.75. The van der Waals surface area contributed by atoms with Crippen LogP contribution in [0.3, 0.4) is 0 Å². The Morgan fingerprint density at radius 2 is 2.26 bits per heavy atom. The number of nitrogens with zero attached hydrogens (tertiary/aromatic N) is 1. The van der Waals surface area contributed by atoms with Crippen LogP contribution in [-0.2, 0) is 11.8 Å². The van der Waals surface area contributed by atoms with Crippen molar-refractivity contribution in [3.05, 3.63) is 45.9 Å². The highest BCUT2D eigenvalue weighted by atomic mass is 32.1. The van der Waals surface area contributed by atoms with E-state index in [-0.39, 0.29) is 5.41 Å². The van der Waals surface area contributed by atoms with E-state index in [1.54, 1.807) is 11.3 Å². The third kappa shape index (κ3) is 2.26. The van der Waals surface area contributed by atoms with Crippen molar-refractivity contribution in [2.75, 3.05) is 13.2 Å². The van der Waals surface area contributed by atoms with Crippen molar-refractivity contribution in [1.29, 1.82) is 0 Å². The molecule has 1 aromatic heterocycles. The number of nitrogens with two attached hydrogens (primary N) is 1. The van der Waals surface area contributed by atoms with Gasteiger partial charge in [0.1, 0.15) is 5.75 Å². The Labute approximate surface area is 117 Å². The molecule has 3 rings (SSSR count). The first kappa shape index (κ1) is 12.6. The molecule has 19 heavy (non-hydrogen) atoms. The Morgan fingerprint density at radius 3 is 3.00 bits per heavy atom. The highest BCUT2D eigenvalue weighted by molar-refractivity contribution is 7.09. The molecule has 0 saturated heterocycles.